The van der Waals surface area contributed by atoms with Crippen LogP contribution in [0.25, 0.3) is 16.3 Å². The topological polar surface area (TPSA) is 18.5 Å². The lowest BCUT2D eigenvalue weighted by molar-refractivity contribution is 0.308. The van der Waals surface area contributed by atoms with Crippen molar-refractivity contribution >= 4 is 16.3 Å². The summed E-state index contributed by atoms with van der Waals surface area (Å²) in [5.41, 5.74) is 2.33. The SMILES string of the molecule is CCCCOc1ccc2ccccc2c1C1=COC=CC1. The summed E-state index contributed by atoms with van der Waals surface area (Å²) in [7, 11) is 0. The molecule has 0 aliphatic carbocycles. The number of hydrogen-bond donors (Lipinski definition) is 0. The predicted octanol–water partition coefficient (Wildman–Crippen LogP) is 5.29. The van der Waals surface area contributed by atoms with Gasteiger partial charge in [-0.1, -0.05) is 43.7 Å². The van der Waals surface area contributed by atoms with Gasteiger partial charge in [0.15, 0.2) is 0 Å². The number of benzene rings is 2. The number of fused-ring (bicyclic) bond motifs is 1. The average Bonchev–Trinajstić information content (AvgIpc) is 2.55. The second-order valence-corrected chi connectivity index (χ2v) is 5.22. The molecule has 0 saturated heterocycles. The fraction of sp³-hybridized carbons (Fsp3) is 0.263. The van der Waals surface area contributed by atoms with Crippen molar-refractivity contribution < 1.29 is 9.47 Å². The Morgan fingerprint density at radius 3 is 2.86 bits per heavy atom. The Labute approximate surface area is 125 Å². The van der Waals surface area contributed by atoms with Gasteiger partial charge in [0.05, 0.1) is 19.1 Å². The first kappa shape index (κ1) is 13.7. The molecule has 0 unspecified atom stereocenters. The van der Waals surface area contributed by atoms with Crippen molar-refractivity contribution in [2.75, 3.05) is 6.61 Å². The van der Waals surface area contributed by atoms with E-state index in [2.05, 4.69) is 43.3 Å². The molecule has 1 heterocycles. The maximum absolute atomic E-state index is 6.02. The zero-order chi connectivity index (χ0) is 14.5. The van der Waals surface area contributed by atoms with E-state index >= 15 is 0 Å². The largest absolute Gasteiger partial charge is 0.493 e. The minimum Gasteiger partial charge on any atom is -0.493 e. The first-order valence-electron chi connectivity index (χ1n) is 7.54. The van der Waals surface area contributed by atoms with E-state index in [-0.39, 0.29) is 0 Å². The van der Waals surface area contributed by atoms with E-state index in [4.69, 9.17) is 9.47 Å². The van der Waals surface area contributed by atoms with E-state index in [0.29, 0.717) is 0 Å². The van der Waals surface area contributed by atoms with Crippen LogP contribution in [-0.2, 0) is 4.74 Å². The van der Waals surface area contributed by atoms with Crippen LogP contribution in [0.1, 0.15) is 31.7 Å². The van der Waals surface area contributed by atoms with Gasteiger partial charge >= 0.3 is 0 Å². The molecule has 2 aromatic rings. The van der Waals surface area contributed by atoms with E-state index in [0.717, 1.165) is 37.2 Å². The Morgan fingerprint density at radius 1 is 1.14 bits per heavy atom. The highest BCUT2D eigenvalue weighted by Crippen LogP contribution is 2.36. The summed E-state index contributed by atoms with van der Waals surface area (Å²) in [6, 6.07) is 12.6. The van der Waals surface area contributed by atoms with Gasteiger partial charge in [0.2, 0.25) is 0 Å². The van der Waals surface area contributed by atoms with Crippen molar-refractivity contribution in [3.05, 3.63) is 60.6 Å². The van der Waals surface area contributed by atoms with Crippen LogP contribution in [0.4, 0.5) is 0 Å². The highest BCUT2D eigenvalue weighted by atomic mass is 16.5. The van der Waals surface area contributed by atoms with Gasteiger partial charge in [-0.3, -0.25) is 0 Å². The van der Waals surface area contributed by atoms with E-state index < -0.39 is 0 Å². The molecule has 0 aromatic heterocycles. The van der Waals surface area contributed by atoms with Gasteiger partial charge in [0.1, 0.15) is 5.75 Å². The molecule has 21 heavy (non-hydrogen) atoms. The summed E-state index contributed by atoms with van der Waals surface area (Å²) in [5.74, 6) is 0.951. The molecule has 2 heteroatoms. The fourth-order valence-electron chi connectivity index (χ4n) is 2.59. The van der Waals surface area contributed by atoms with E-state index in [1.807, 2.05) is 12.3 Å². The maximum atomic E-state index is 6.02. The van der Waals surface area contributed by atoms with Crippen molar-refractivity contribution in [1.29, 1.82) is 0 Å². The van der Waals surface area contributed by atoms with Crippen LogP contribution in [0.3, 0.4) is 0 Å². The van der Waals surface area contributed by atoms with Crippen molar-refractivity contribution in [2.45, 2.75) is 26.2 Å². The second kappa shape index (κ2) is 6.49. The molecule has 108 valence electrons. The summed E-state index contributed by atoms with van der Waals surface area (Å²) >= 11 is 0. The zero-order valence-corrected chi connectivity index (χ0v) is 12.3. The molecule has 0 N–H and O–H groups in total. The fourth-order valence-corrected chi connectivity index (χ4v) is 2.59. The summed E-state index contributed by atoms with van der Waals surface area (Å²) in [6.07, 6.45) is 8.67. The van der Waals surface area contributed by atoms with Gasteiger partial charge in [0, 0.05) is 11.1 Å². The Hall–Kier alpha value is -2.22. The summed E-state index contributed by atoms with van der Waals surface area (Å²) in [5, 5.41) is 2.45. The summed E-state index contributed by atoms with van der Waals surface area (Å²) in [4.78, 5) is 0. The molecule has 0 spiro atoms. The smallest absolute Gasteiger partial charge is 0.127 e. The Bertz CT molecular complexity index is 683. The van der Waals surface area contributed by atoms with Crippen LogP contribution >= 0.6 is 0 Å². The molecule has 0 saturated carbocycles. The van der Waals surface area contributed by atoms with Crippen molar-refractivity contribution in [3.8, 4) is 5.75 Å². The minimum absolute atomic E-state index is 0.756. The monoisotopic (exact) mass is 280 g/mol. The number of allylic oxidation sites excluding steroid dienone is 2. The lowest BCUT2D eigenvalue weighted by Crippen LogP contribution is -2.01. The lowest BCUT2D eigenvalue weighted by atomic mass is 9.95. The number of unbranched alkanes of at least 4 members (excludes halogenated alkanes) is 1. The highest BCUT2D eigenvalue weighted by molar-refractivity contribution is 5.96. The third-order valence-electron chi connectivity index (χ3n) is 3.69. The molecular formula is C19H20O2. The van der Waals surface area contributed by atoms with Gasteiger partial charge in [-0.05, 0) is 35.8 Å². The Morgan fingerprint density at radius 2 is 2.05 bits per heavy atom. The van der Waals surface area contributed by atoms with Gasteiger partial charge in [0.25, 0.3) is 0 Å². The Balaban J connectivity index is 2.06. The van der Waals surface area contributed by atoms with Gasteiger partial charge in [-0.15, -0.1) is 0 Å². The maximum Gasteiger partial charge on any atom is 0.127 e. The molecule has 0 atom stereocenters. The summed E-state index contributed by atoms with van der Waals surface area (Å²) in [6.45, 7) is 2.93. The van der Waals surface area contributed by atoms with Crippen LogP contribution < -0.4 is 4.74 Å². The average molecular weight is 280 g/mol. The molecular weight excluding hydrogens is 260 g/mol. The van der Waals surface area contributed by atoms with Crippen LogP contribution in [0.5, 0.6) is 5.75 Å². The van der Waals surface area contributed by atoms with Crippen LogP contribution in [-0.4, -0.2) is 6.61 Å². The van der Waals surface area contributed by atoms with E-state index in [9.17, 15) is 0 Å². The van der Waals surface area contributed by atoms with Crippen LogP contribution in [0.15, 0.2) is 55.0 Å². The Kier molecular flexibility index (Phi) is 4.25. The van der Waals surface area contributed by atoms with Gasteiger partial charge in [-0.25, -0.2) is 0 Å². The van der Waals surface area contributed by atoms with Crippen molar-refractivity contribution in [3.63, 3.8) is 0 Å². The molecule has 1 aliphatic heterocycles. The van der Waals surface area contributed by atoms with E-state index in [1.165, 1.54) is 16.3 Å². The zero-order valence-electron chi connectivity index (χ0n) is 12.3. The van der Waals surface area contributed by atoms with Gasteiger partial charge < -0.3 is 9.47 Å². The first-order valence-corrected chi connectivity index (χ1v) is 7.54. The molecule has 2 aromatic carbocycles. The van der Waals surface area contributed by atoms with Crippen LogP contribution in [0.2, 0.25) is 0 Å². The third-order valence-corrected chi connectivity index (χ3v) is 3.69. The highest BCUT2D eigenvalue weighted by Gasteiger charge is 2.14. The normalized spacial score (nSPS) is 13.9. The van der Waals surface area contributed by atoms with Crippen molar-refractivity contribution in [2.24, 2.45) is 0 Å². The molecule has 0 radical (unpaired) electrons. The van der Waals surface area contributed by atoms with Crippen LogP contribution in [0, 0.1) is 0 Å². The standard InChI is InChI=1S/C19H20O2/c1-2-3-13-21-18-11-10-15-7-4-5-9-17(15)19(18)16-8-6-12-20-14-16/h4-7,9-12,14H,2-3,8,13H2,1H3. The van der Waals surface area contributed by atoms with E-state index in [1.54, 1.807) is 6.26 Å². The number of rotatable bonds is 5. The second-order valence-electron chi connectivity index (χ2n) is 5.22. The number of ether oxygens (including phenoxy) is 2. The predicted molar refractivity (Wildman–Crippen MR) is 87.2 cm³/mol. The molecule has 3 rings (SSSR count). The van der Waals surface area contributed by atoms with Crippen molar-refractivity contribution in [1.82, 2.24) is 0 Å². The third kappa shape index (κ3) is 2.94. The lowest BCUT2D eigenvalue weighted by Gasteiger charge is -2.17. The molecule has 0 bridgehead atoms. The van der Waals surface area contributed by atoms with Gasteiger partial charge in [-0.2, -0.15) is 0 Å². The summed E-state index contributed by atoms with van der Waals surface area (Å²) < 4.78 is 11.4. The molecule has 0 amide bonds. The quantitative estimate of drug-likeness (QED) is 0.692. The number of hydrogen-bond acceptors (Lipinski definition) is 2. The minimum atomic E-state index is 0.756. The molecule has 1 aliphatic rings. The molecule has 0 fully saturated rings. The first-order chi connectivity index (χ1) is 10.4. The molecule has 2 nitrogen and oxygen atoms in total.